The first-order valence-corrected chi connectivity index (χ1v) is 12.5. The molecule has 0 aromatic heterocycles. The fourth-order valence-electron chi connectivity index (χ4n) is 3.05. The molecule has 0 fully saturated rings. The summed E-state index contributed by atoms with van der Waals surface area (Å²) in [6, 6.07) is 17.8. The molecule has 0 unspecified atom stereocenters. The maximum atomic E-state index is 13.4. The van der Waals surface area contributed by atoms with Gasteiger partial charge in [0.25, 0.3) is 10.0 Å². The predicted molar refractivity (Wildman–Crippen MR) is 134 cm³/mol. The SMILES string of the molecule is COc1ccc(OCCNC(=O)CN(c2cc(Cl)cc(Cl)c2)S(=O)(=O)c2ccc(C)cc2)cc1. The summed E-state index contributed by atoms with van der Waals surface area (Å²) >= 11 is 12.2. The minimum absolute atomic E-state index is 0.0461. The largest absolute Gasteiger partial charge is 0.497 e. The van der Waals surface area contributed by atoms with Crippen molar-refractivity contribution in [3.8, 4) is 11.5 Å². The molecule has 0 aliphatic carbocycles. The molecule has 0 atom stereocenters. The molecule has 3 rings (SSSR count). The number of ether oxygens (including phenoxy) is 2. The van der Waals surface area contributed by atoms with Crippen LogP contribution < -0.4 is 19.1 Å². The Kier molecular flexibility index (Phi) is 8.66. The number of hydrogen-bond donors (Lipinski definition) is 1. The fraction of sp³-hybridized carbons (Fsp3) is 0.208. The summed E-state index contributed by atoms with van der Waals surface area (Å²) in [5.74, 6) is 0.814. The summed E-state index contributed by atoms with van der Waals surface area (Å²) in [5, 5.41) is 3.18. The molecule has 1 amide bonds. The minimum atomic E-state index is -4.07. The van der Waals surface area contributed by atoms with E-state index in [1.54, 1.807) is 43.5 Å². The van der Waals surface area contributed by atoms with E-state index in [0.29, 0.717) is 11.5 Å². The van der Waals surface area contributed by atoms with Crippen LogP contribution >= 0.6 is 23.2 Å². The van der Waals surface area contributed by atoms with Gasteiger partial charge >= 0.3 is 0 Å². The highest BCUT2D eigenvalue weighted by atomic mass is 35.5. The van der Waals surface area contributed by atoms with E-state index in [9.17, 15) is 13.2 Å². The molecule has 10 heteroatoms. The fourth-order valence-corrected chi connectivity index (χ4v) is 4.97. The highest BCUT2D eigenvalue weighted by molar-refractivity contribution is 7.92. The number of amides is 1. The van der Waals surface area contributed by atoms with Crippen molar-refractivity contribution in [3.63, 3.8) is 0 Å². The molecule has 0 saturated carbocycles. The average molecular weight is 523 g/mol. The van der Waals surface area contributed by atoms with E-state index < -0.39 is 22.5 Å². The number of nitrogens with one attached hydrogen (secondary N) is 1. The van der Waals surface area contributed by atoms with Gasteiger partial charge < -0.3 is 14.8 Å². The van der Waals surface area contributed by atoms with Gasteiger partial charge in [0.05, 0.1) is 24.2 Å². The van der Waals surface area contributed by atoms with E-state index in [2.05, 4.69) is 5.32 Å². The molecule has 0 heterocycles. The topological polar surface area (TPSA) is 84.9 Å². The lowest BCUT2D eigenvalue weighted by Crippen LogP contribution is -2.42. The summed E-state index contributed by atoms with van der Waals surface area (Å²) in [5.41, 5.74) is 1.09. The first-order chi connectivity index (χ1) is 16.2. The zero-order valence-electron chi connectivity index (χ0n) is 18.6. The van der Waals surface area contributed by atoms with Crippen LogP contribution in [0.5, 0.6) is 11.5 Å². The number of benzene rings is 3. The Labute approximate surface area is 209 Å². The van der Waals surface area contributed by atoms with Gasteiger partial charge in [0, 0.05) is 10.0 Å². The molecule has 1 N–H and O–H groups in total. The Bertz CT molecular complexity index is 1210. The van der Waals surface area contributed by atoms with Crippen molar-refractivity contribution >= 4 is 44.8 Å². The molecular formula is C24H24Cl2N2O5S. The van der Waals surface area contributed by atoms with E-state index in [4.69, 9.17) is 32.7 Å². The molecule has 0 bridgehead atoms. The Morgan fingerprint density at radius 3 is 2.12 bits per heavy atom. The smallest absolute Gasteiger partial charge is 0.264 e. The van der Waals surface area contributed by atoms with Crippen LogP contribution in [-0.4, -0.2) is 41.1 Å². The van der Waals surface area contributed by atoms with Gasteiger partial charge in [-0.25, -0.2) is 8.42 Å². The second-order valence-electron chi connectivity index (χ2n) is 7.33. The number of carbonyl (C=O) groups is 1. The third-order valence-electron chi connectivity index (χ3n) is 4.78. The lowest BCUT2D eigenvalue weighted by Gasteiger charge is -2.24. The van der Waals surface area contributed by atoms with Crippen LogP contribution in [0.4, 0.5) is 5.69 Å². The van der Waals surface area contributed by atoms with Crippen LogP contribution in [0, 0.1) is 6.92 Å². The van der Waals surface area contributed by atoms with E-state index in [1.165, 1.54) is 30.3 Å². The Morgan fingerprint density at radius 1 is 0.941 bits per heavy atom. The van der Waals surface area contributed by atoms with Gasteiger partial charge in [-0.15, -0.1) is 0 Å². The van der Waals surface area contributed by atoms with Crippen LogP contribution in [-0.2, 0) is 14.8 Å². The Hall–Kier alpha value is -2.94. The number of methoxy groups -OCH3 is 1. The van der Waals surface area contributed by atoms with Crippen molar-refractivity contribution in [2.45, 2.75) is 11.8 Å². The van der Waals surface area contributed by atoms with Crippen molar-refractivity contribution in [1.29, 1.82) is 0 Å². The molecule has 0 aliphatic rings. The molecule has 34 heavy (non-hydrogen) atoms. The molecule has 0 spiro atoms. The van der Waals surface area contributed by atoms with E-state index >= 15 is 0 Å². The highest BCUT2D eigenvalue weighted by Gasteiger charge is 2.27. The number of carbonyl (C=O) groups excluding carboxylic acids is 1. The molecular weight excluding hydrogens is 499 g/mol. The summed E-state index contributed by atoms with van der Waals surface area (Å²) < 4.78 is 38.5. The number of hydrogen-bond acceptors (Lipinski definition) is 5. The Morgan fingerprint density at radius 2 is 1.53 bits per heavy atom. The maximum Gasteiger partial charge on any atom is 0.264 e. The lowest BCUT2D eigenvalue weighted by atomic mass is 10.2. The van der Waals surface area contributed by atoms with Gasteiger partial charge in [-0.05, 0) is 61.5 Å². The third-order valence-corrected chi connectivity index (χ3v) is 7.01. The van der Waals surface area contributed by atoms with Gasteiger partial charge in [-0.1, -0.05) is 40.9 Å². The summed E-state index contributed by atoms with van der Waals surface area (Å²) in [6.07, 6.45) is 0. The highest BCUT2D eigenvalue weighted by Crippen LogP contribution is 2.29. The van der Waals surface area contributed by atoms with Gasteiger partial charge in [0.15, 0.2) is 0 Å². The predicted octanol–water partition coefficient (Wildman–Crippen LogP) is 4.70. The lowest BCUT2D eigenvalue weighted by molar-refractivity contribution is -0.119. The van der Waals surface area contributed by atoms with E-state index in [-0.39, 0.29) is 33.8 Å². The molecule has 0 radical (unpaired) electrons. The van der Waals surface area contributed by atoms with Gasteiger partial charge in [-0.3, -0.25) is 9.10 Å². The normalized spacial score (nSPS) is 11.1. The van der Waals surface area contributed by atoms with Crippen LogP contribution in [0.1, 0.15) is 5.56 Å². The zero-order chi connectivity index (χ0) is 24.7. The monoisotopic (exact) mass is 522 g/mol. The van der Waals surface area contributed by atoms with Crippen LogP contribution in [0.3, 0.4) is 0 Å². The summed E-state index contributed by atoms with van der Waals surface area (Å²) in [7, 11) is -2.49. The molecule has 180 valence electrons. The maximum absolute atomic E-state index is 13.4. The van der Waals surface area contributed by atoms with Gasteiger partial charge in [0.1, 0.15) is 24.7 Å². The number of anilines is 1. The van der Waals surface area contributed by atoms with Crippen molar-refractivity contribution in [3.05, 3.63) is 82.3 Å². The number of sulfonamides is 1. The van der Waals surface area contributed by atoms with Crippen molar-refractivity contribution in [2.24, 2.45) is 0 Å². The standard InChI is InChI=1S/C24H24Cl2N2O5S/c1-17-3-9-23(10-4-17)34(30,31)28(20-14-18(25)13-19(26)15-20)16-24(29)27-11-12-33-22-7-5-21(32-2)6-8-22/h3-10,13-15H,11-12,16H2,1-2H3,(H,27,29). The zero-order valence-corrected chi connectivity index (χ0v) is 21.0. The van der Waals surface area contributed by atoms with Gasteiger partial charge in [-0.2, -0.15) is 0 Å². The molecule has 7 nitrogen and oxygen atoms in total. The molecule has 3 aromatic rings. The first kappa shape index (κ1) is 25.7. The van der Waals surface area contributed by atoms with Crippen LogP contribution in [0.15, 0.2) is 71.6 Å². The average Bonchev–Trinajstić information content (AvgIpc) is 2.80. The van der Waals surface area contributed by atoms with Gasteiger partial charge in [0.2, 0.25) is 5.91 Å². The second kappa shape index (κ2) is 11.5. The quantitative estimate of drug-likeness (QED) is 0.390. The van der Waals surface area contributed by atoms with Crippen molar-refractivity contribution in [2.75, 3.05) is 31.1 Å². The third kappa shape index (κ3) is 6.79. The summed E-state index contributed by atoms with van der Waals surface area (Å²) in [4.78, 5) is 12.7. The van der Waals surface area contributed by atoms with E-state index in [1.807, 2.05) is 6.92 Å². The number of aryl methyl sites for hydroxylation is 1. The van der Waals surface area contributed by atoms with E-state index in [0.717, 1.165) is 9.87 Å². The van der Waals surface area contributed by atoms with Crippen molar-refractivity contribution < 1.29 is 22.7 Å². The van der Waals surface area contributed by atoms with Crippen LogP contribution in [0.2, 0.25) is 10.0 Å². The number of rotatable bonds is 10. The second-order valence-corrected chi connectivity index (χ2v) is 10.1. The molecule has 0 aliphatic heterocycles. The minimum Gasteiger partial charge on any atom is -0.497 e. The van der Waals surface area contributed by atoms with Crippen molar-refractivity contribution in [1.82, 2.24) is 5.32 Å². The first-order valence-electron chi connectivity index (χ1n) is 10.3. The number of nitrogens with zero attached hydrogens (tertiary/aromatic N) is 1. The molecule has 0 saturated heterocycles. The number of halogens is 2. The molecule has 3 aromatic carbocycles. The summed E-state index contributed by atoms with van der Waals surface area (Å²) in [6.45, 7) is 1.77. The Balaban J connectivity index is 1.71. The van der Waals surface area contributed by atoms with Crippen LogP contribution in [0.25, 0.3) is 0 Å².